The Bertz CT molecular complexity index is 1070. The van der Waals surface area contributed by atoms with Crippen molar-refractivity contribution in [3.8, 4) is 5.69 Å². The monoisotopic (exact) mass is 414 g/mol. The third-order valence-corrected chi connectivity index (χ3v) is 5.07. The summed E-state index contributed by atoms with van der Waals surface area (Å²) in [5, 5.41) is 7.11. The fraction of sp³-hybridized carbons (Fsp3) is 0.273. The topological polar surface area (TPSA) is 50.2 Å². The smallest absolute Gasteiger partial charge is 0.378 e. The van der Waals surface area contributed by atoms with Crippen LogP contribution in [-0.4, -0.2) is 29.8 Å². The van der Waals surface area contributed by atoms with Gasteiger partial charge in [-0.15, -0.1) is 0 Å². The number of carbonyl (C=O) groups is 1. The van der Waals surface area contributed by atoms with E-state index in [2.05, 4.69) is 10.4 Å². The molecule has 0 spiro atoms. The normalized spacial score (nSPS) is 13.9. The molecular weight excluding hydrogens is 393 g/mol. The van der Waals surface area contributed by atoms with Crippen LogP contribution >= 0.6 is 0 Å². The minimum Gasteiger partial charge on any atom is -0.378 e. The Morgan fingerprint density at radius 2 is 1.83 bits per heavy atom. The molecule has 30 heavy (non-hydrogen) atoms. The number of carbonyl (C=O) groups excluding carboxylic acids is 1. The predicted octanol–water partition coefficient (Wildman–Crippen LogP) is 5.09. The van der Waals surface area contributed by atoms with E-state index in [0.29, 0.717) is 22.6 Å². The lowest BCUT2D eigenvalue weighted by atomic mass is 10.1. The quantitative estimate of drug-likeness (QED) is 0.633. The first kappa shape index (κ1) is 20.0. The zero-order valence-electron chi connectivity index (χ0n) is 16.6. The average molecular weight is 414 g/mol. The van der Waals surface area contributed by atoms with Crippen molar-refractivity contribution in [1.29, 1.82) is 0 Å². The number of aromatic nitrogens is 2. The molecule has 1 aliphatic carbocycles. The highest BCUT2D eigenvalue weighted by molar-refractivity contribution is 6.05. The first-order chi connectivity index (χ1) is 14.2. The second kappa shape index (κ2) is 7.51. The Balaban J connectivity index is 1.64. The van der Waals surface area contributed by atoms with Crippen LogP contribution in [0.3, 0.4) is 0 Å². The molecule has 1 aliphatic rings. The van der Waals surface area contributed by atoms with E-state index in [9.17, 15) is 18.0 Å². The molecule has 2 aromatic carbocycles. The van der Waals surface area contributed by atoms with E-state index in [4.69, 9.17) is 0 Å². The largest absolute Gasteiger partial charge is 0.416 e. The van der Waals surface area contributed by atoms with Gasteiger partial charge in [-0.2, -0.15) is 18.3 Å². The van der Waals surface area contributed by atoms with Crippen molar-refractivity contribution in [2.45, 2.75) is 24.9 Å². The van der Waals surface area contributed by atoms with Gasteiger partial charge in [0.25, 0.3) is 5.91 Å². The van der Waals surface area contributed by atoms with Crippen LogP contribution in [0.1, 0.15) is 40.4 Å². The Kier molecular flexibility index (Phi) is 5.01. The summed E-state index contributed by atoms with van der Waals surface area (Å²) >= 11 is 0. The highest BCUT2D eigenvalue weighted by Gasteiger charge is 2.34. The molecule has 0 bridgehead atoms. The van der Waals surface area contributed by atoms with Crippen LogP contribution in [0, 0.1) is 0 Å². The number of amides is 1. The average Bonchev–Trinajstić information content (AvgIpc) is 3.45. The van der Waals surface area contributed by atoms with Gasteiger partial charge in [-0.05, 0) is 55.3 Å². The molecule has 1 N–H and O–H groups in total. The van der Waals surface area contributed by atoms with Crippen LogP contribution in [0.5, 0.6) is 0 Å². The molecule has 3 aromatic rings. The minimum absolute atomic E-state index is 0.110. The molecule has 0 aliphatic heterocycles. The fourth-order valence-corrected chi connectivity index (χ4v) is 3.34. The molecule has 1 saturated carbocycles. The molecule has 5 nitrogen and oxygen atoms in total. The van der Waals surface area contributed by atoms with Crippen molar-refractivity contribution in [2.75, 3.05) is 24.3 Å². The summed E-state index contributed by atoms with van der Waals surface area (Å²) < 4.78 is 40.8. The molecule has 156 valence electrons. The van der Waals surface area contributed by atoms with Gasteiger partial charge in [0.1, 0.15) is 0 Å². The molecule has 0 radical (unpaired) electrons. The zero-order valence-corrected chi connectivity index (χ0v) is 16.6. The molecule has 1 aromatic heterocycles. The first-order valence-electron chi connectivity index (χ1n) is 9.58. The van der Waals surface area contributed by atoms with E-state index < -0.39 is 11.7 Å². The molecule has 1 heterocycles. The SMILES string of the molecule is CN(C)c1ccc(NC(=O)c2cnn(-c3cccc(C(F)(F)F)c3)c2C2CC2)cc1. The van der Waals surface area contributed by atoms with E-state index in [1.807, 2.05) is 31.1 Å². The van der Waals surface area contributed by atoms with E-state index in [1.54, 1.807) is 18.2 Å². The predicted molar refractivity (Wildman–Crippen MR) is 109 cm³/mol. The molecular formula is C22H21F3N4O. The van der Waals surface area contributed by atoms with Crippen LogP contribution in [0.4, 0.5) is 24.5 Å². The van der Waals surface area contributed by atoms with Gasteiger partial charge in [0.05, 0.1) is 28.7 Å². The maximum Gasteiger partial charge on any atom is 0.416 e. The van der Waals surface area contributed by atoms with Gasteiger partial charge in [-0.3, -0.25) is 4.79 Å². The Morgan fingerprint density at radius 3 is 2.43 bits per heavy atom. The minimum atomic E-state index is -4.44. The van der Waals surface area contributed by atoms with Gasteiger partial charge in [0.15, 0.2) is 0 Å². The Hall–Kier alpha value is -3.29. The summed E-state index contributed by atoms with van der Waals surface area (Å²) in [4.78, 5) is 14.9. The van der Waals surface area contributed by atoms with Gasteiger partial charge in [-0.1, -0.05) is 6.07 Å². The van der Waals surface area contributed by atoms with Gasteiger partial charge < -0.3 is 10.2 Å². The number of halogens is 3. The lowest BCUT2D eigenvalue weighted by molar-refractivity contribution is -0.137. The lowest BCUT2D eigenvalue weighted by Crippen LogP contribution is -2.15. The van der Waals surface area contributed by atoms with E-state index in [-0.39, 0.29) is 11.8 Å². The van der Waals surface area contributed by atoms with Gasteiger partial charge in [0, 0.05) is 31.4 Å². The summed E-state index contributed by atoms with van der Waals surface area (Å²) in [5.41, 5.74) is 2.22. The number of nitrogens with one attached hydrogen (secondary N) is 1. The summed E-state index contributed by atoms with van der Waals surface area (Å²) in [5.74, 6) is -0.216. The van der Waals surface area contributed by atoms with Crippen molar-refractivity contribution in [3.63, 3.8) is 0 Å². The number of benzene rings is 2. The van der Waals surface area contributed by atoms with Crippen LogP contribution < -0.4 is 10.2 Å². The third-order valence-electron chi connectivity index (χ3n) is 5.07. The third kappa shape index (κ3) is 4.03. The second-order valence-electron chi connectivity index (χ2n) is 7.57. The Labute approximate surface area is 172 Å². The first-order valence-corrected chi connectivity index (χ1v) is 9.58. The number of rotatable bonds is 5. The van der Waals surface area contributed by atoms with Crippen molar-refractivity contribution in [1.82, 2.24) is 9.78 Å². The van der Waals surface area contributed by atoms with Crippen molar-refractivity contribution in [3.05, 3.63) is 71.5 Å². The zero-order chi connectivity index (χ0) is 21.5. The van der Waals surface area contributed by atoms with Crippen LogP contribution in [0.2, 0.25) is 0 Å². The molecule has 4 rings (SSSR count). The van der Waals surface area contributed by atoms with Crippen molar-refractivity contribution in [2.24, 2.45) is 0 Å². The van der Waals surface area contributed by atoms with E-state index in [0.717, 1.165) is 30.7 Å². The number of hydrogen-bond acceptors (Lipinski definition) is 3. The summed E-state index contributed by atoms with van der Waals surface area (Å²) in [6, 6.07) is 12.4. The van der Waals surface area contributed by atoms with Gasteiger partial charge in [-0.25, -0.2) is 4.68 Å². The number of anilines is 2. The van der Waals surface area contributed by atoms with Gasteiger partial charge in [0.2, 0.25) is 0 Å². The summed E-state index contributed by atoms with van der Waals surface area (Å²) in [7, 11) is 3.86. The number of hydrogen-bond donors (Lipinski definition) is 1. The maximum absolute atomic E-state index is 13.1. The highest BCUT2D eigenvalue weighted by atomic mass is 19.4. The van der Waals surface area contributed by atoms with E-state index >= 15 is 0 Å². The lowest BCUT2D eigenvalue weighted by Gasteiger charge is -2.13. The van der Waals surface area contributed by atoms with Crippen LogP contribution in [0.25, 0.3) is 5.69 Å². The van der Waals surface area contributed by atoms with Crippen molar-refractivity contribution >= 4 is 17.3 Å². The van der Waals surface area contributed by atoms with E-state index in [1.165, 1.54) is 16.9 Å². The van der Waals surface area contributed by atoms with Crippen LogP contribution in [-0.2, 0) is 6.18 Å². The van der Waals surface area contributed by atoms with Crippen molar-refractivity contribution < 1.29 is 18.0 Å². The molecule has 0 saturated heterocycles. The molecule has 8 heteroatoms. The summed E-state index contributed by atoms with van der Waals surface area (Å²) in [6.45, 7) is 0. The standard InChI is InChI=1S/C22H21F3N4O/c1-28(2)17-10-8-16(9-11-17)27-21(30)19-13-26-29(20(19)14-6-7-14)18-5-3-4-15(12-18)22(23,24)25/h3-5,8-14H,6-7H2,1-2H3,(H,27,30). The van der Waals surface area contributed by atoms with Gasteiger partial charge >= 0.3 is 6.18 Å². The Morgan fingerprint density at radius 1 is 1.13 bits per heavy atom. The summed E-state index contributed by atoms with van der Waals surface area (Å²) in [6.07, 6.45) is -1.26. The molecule has 1 amide bonds. The fourth-order valence-electron chi connectivity index (χ4n) is 3.34. The maximum atomic E-state index is 13.1. The highest BCUT2D eigenvalue weighted by Crippen LogP contribution is 2.43. The molecule has 1 fully saturated rings. The molecule has 0 unspecified atom stereocenters. The molecule has 0 atom stereocenters. The number of alkyl halides is 3. The number of nitrogens with zero attached hydrogens (tertiary/aromatic N) is 3. The second-order valence-corrected chi connectivity index (χ2v) is 7.57. The van der Waals surface area contributed by atoms with Crippen LogP contribution in [0.15, 0.2) is 54.7 Å².